The van der Waals surface area contributed by atoms with E-state index in [0.29, 0.717) is 6.42 Å². The Bertz CT molecular complexity index is 242. The van der Waals surface area contributed by atoms with Gasteiger partial charge in [0.05, 0.1) is 5.60 Å². The second-order valence-electron chi connectivity index (χ2n) is 3.43. The van der Waals surface area contributed by atoms with Gasteiger partial charge in [0.1, 0.15) is 0 Å². The summed E-state index contributed by atoms with van der Waals surface area (Å²) in [7, 11) is 0. The van der Waals surface area contributed by atoms with Gasteiger partial charge in [0.2, 0.25) is 0 Å². The van der Waals surface area contributed by atoms with Crippen molar-refractivity contribution in [3.05, 3.63) is 30.1 Å². The van der Waals surface area contributed by atoms with Crippen LogP contribution in [-0.4, -0.2) is 15.7 Å². The molecule has 1 aromatic rings. The minimum atomic E-state index is -0.575. The lowest BCUT2D eigenvalue weighted by molar-refractivity contribution is 0.0317. The topological polar surface area (TPSA) is 33.1 Å². The van der Waals surface area contributed by atoms with Gasteiger partial charge in [0.15, 0.2) is 0 Å². The quantitative estimate of drug-likeness (QED) is 0.768. The molecule has 1 aromatic heterocycles. The second-order valence-corrected chi connectivity index (χ2v) is 3.43. The van der Waals surface area contributed by atoms with Gasteiger partial charge in [-0.1, -0.05) is 19.9 Å². The summed E-state index contributed by atoms with van der Waals surface area (Å²) < 4.78 is 0. The maximum Gasteiger partial charge on any atom is 0.0697 e. The highest BCUT2D eigenvalue weighted by molar-refractivity contribution is 5.06. The van der Waals surface area contributed by atoms with Crippen LogP contribution in [0.2, 0.25) is 0 Å². The number of aromatic nitrogens is 1. The molecule has 0 fully saturated rings. The van der Waals surface area contributed by atoms with E-state index in [1.165, 1.54) is 0 Å². The predicted octanol–water partition coefficient (Wildman–Crippen LogP) is 2.18. The Labute approximate surface area is 79.6 Å². The Kier molecular flexibility index (Phi) is 3.43. The zero-order valence-electron chi connectivity index (χ0n) is 8.33. The third-order valence-corrected chi connectivity index (χ3v) is 2.55. The van der Waals surface area contributed by atoms with Crippen molar-refractivity contribution in [3.63, 3.8) is 0 Å². The number of nitrogens with zero attached hydrogens (tertiary/aromatic N) is 1. The molecule has 0 aliphatic heterocycles. The molecular weight excluding hydrogens is 162 g/mol. The average Bonchev–Trinajstić information content (AvgIpc) is 2.19. The predicted molar refractivity (Wildman–Crippen MR) is 53.5 cm³/mol. The number of hydrogen-bond acceptors (Lipinski definition) is 2. The van der Waals surface area contributed by atoms with E-state index >= 15 is 0 Å². The van der Waals surface area contributed by atoms with Crippen molar-refractivity contribution in [2.45, 2.75) is 38.7 Å². The minimum Gasteiger partial charge on any atom is -0.390 e. The Hall–Kier alpha value is -0.890. The standard InChI is InChI=1S/C11H17NO/c1-3-11(13,4-2)9-10-7-5-6-8-12-10/h5-8,13H,3-4,9H2,1-2H3. The molecule has 13 heavy (non-hydrogen) atoms. The molecule has 0 unspecified atom stereocenters. The minimum absolute atomic E-state index is 0.575. The van der Waals surface area contributed by atoms with Crippen molar-refractivity contribution in [3.8, 4) is 0 Å². The van der Waals surface area contributed by atoms with E-state index in [-0.39, 0.29) is 0 Å². The number of aliphatic hydroxyl groups is 1. The van der Waals surface area contributed by atoms with Crippen LogP contribution >= 0.6 is 0 Å². The van der Waals surface area contributed by atoms with Gasteiger partial charge in [-0.15, -0.1) is 0 Å². The fourth-order valence-corrected chi connectivity index (χ4v) is 1.34. The maximum atomic E-state index is 10.0. The molecule has 0 amide bonds. The summed E-state index contributed by atoms with van der Waals surface area (Å²) in [5.41, 5.74) is 0.391. The third-order valence-electron chi connectivity index (χ3n) is 2.55. The number of hydrogen-bond donors (Lipinski definition) is 1. The zero-order chi connectivity index (χ0) is 9.73. The normalized spacial score (nSPS) is 11.6. The van der Waals surface area contributed by atoms with E-state index in [1.807, 2.05) is 32.0 Å². The molecule has 2 heteroatoms. The van der Waals surface area contributed by atoms with E-state index < -0.39 is 5.60 Å². The molecule has 0 aliphatic carbocycles. The fraction of sp³-hybridized carbons (Fsp3) is 0.545. The van der Waals surface area contributed by atoms with Gasteiger partial charge >= 0.3 is 0 Å². The first-order valence-corrected chi connectivity index (χ1v) is 4.82. The molecule has 0 aromatic carbocycles. The van der Waals surface area contributed by atoms with E-state index in [4.69, 9.17) is 0 Å². The van der Waals surface area contributed by atoms with Gasteiger partial charge in [-0.2, -0.15) is 0 Å². The van der Waals surface area contributed by atoms with Gasteiger partial charge < -0.3 is 5.11 Å². The molecule has 0 atom stereocenters. The fourth-order valence-electron chi connectivity index (χ4n) is 1.34. The Morgan fingerprint density at radius 1 is 1.31 bits per heavy atom. The smallest absolute Gasteiger partial charge is 0.0697 e. The molecule has 72 valence electrons. The van der Waals surface area contributed by atoms with Crippen LogP contribution < -0.4 is 0 Å². The first-order chi connectivity index (χ1) is 6.20. The SMILES string of the molecule is CCC(O)(CC)Cc1ccccn1. The molecular formula is C11H17NO. The average molecular weight is 179 g/mol. The molecule has 2 nitrogen and oxygen atoms in total. The van der Waals surface area contributed by atoms with Crippen LogP contribution in [0.25, 0.3) is 0 Å². The lowest BCUT2D eigenvalue weighted by Crippen LogP contribution is -2.29. The monoisotopic (exact) mass is 179 g/mol. The van der Waals surface area contributed by atoms with Crippen LogP contribution in [0, 0.1) is 0 Å². The molecule has 0 bridgehead atoms. The Morgan fingerprint density at radius 2 is 2.00 bits per heavy atom. The van der Waals surface area contributed by atoms with Crippen LogP contribution in [0.15, 0.2) is 24.4 Å². The largest absolute Gasteiger partial charge is 0.390 e. The second kappa shape index (κ2) is 4.38. The summed E-state index contributed by atoms with van der Waals surface area (Å²) in [5.74, 6) is 0. The van der Waals surface area contributed by atoms with Crippen LogP contribution in [-0.2, 0) is 6.42 Å². The first-order valence-electron chi connectivity index (χ1n) is 4.82. The van der Waals surface area contributed by atoms with Gasteiger partial charge in [-0.3, -0.25) is 4.98 Å². The number of pyridine rings is 1. The molecule has 0 saturated carbocycles. The Balaban J connectivity index is 2.68. The molecule has 0 radical (unpaired) electrons. The van der Waals surface area contributed by atoms with Crippen LogP contribution in [0.5, 0.6) is 0 Å². The van der Waals surface area contributed by atoms with Crippen molar-refractivity contribution in [2.24, 2.45) is 0 Å². The molecule has 0 spiro atoms. The first kappa shape index (κ1) is 10.2. The summed E-state index contributed by atoms with van der Waals surface area (Å²) >= 11 is 0. The van der Waals surface area contributed by atoms with Crippen LogP contribution in [0.4, 0.5) is 0 Å². The molecule has 0 aliphatic rings. The van der Waals surface area contributed by atoms with E-state index in [0.717, 1.165) is 18.5 Å². The van der Waals surface area contributed by atoms with Gasteiger partial charge in [-0.05, 0) is 25.0 Å². The van der Waals surface area contributed by atoms with Crippen LogP contribution in [0.3, 0.4) is 0 Å². The summed E-state index contributed by atoms with van der Waals surface area (Å²) in [6.45, 7) is 4.01. The summed E-state index contributed by atoms with van der Waals surface area (Å²) in [5, 5.41) is 10.0. The lowest BCUT2D eigenvalue weighted by Gasteiger charge is -2.24. The molecule has 0 saturated heterocycles. The lowest BCUT2D eigenvalue weighted by atomic mass is 9.92. The number of rotatable bonds is 4. The van der Waals surface area contributed by atoms with Crippen molar-refractivity contribution < 1.29 is 5.11 Å². The highest BCUT2D eigenvalue weighted by Crippen LogP contribution is 2.19. The molecule has 1 N–H and O–H groups in total. The van der Waals surface area contributed by atoms with E-state index in [9.17, 15) is 5.11 Å². The van der Waals surface area contributed by atoms with Gasteiger partial charge in [0.25, 0.3) is 0 Å². The summed E-state index contributed by atoms with van der Waals surface area (Å²) in [6, 6.07) is 5.80. The van der Waals surface area contributed by atoms with Crippen molar-refractivity contribution in [2.75, 3.05) is 0 Å². The van der Waals surface area contributed by atoms with Gasteiger partial charge in [-0.25, -0.2) is 0 Å². The Morgan fingerprint density at radius 3 is 2.46 bits per heavy atom. The van der Waals surface area contributed by atoms with Crippen molar-refractivity contribution >= 4 is 0 Å². The highest BCUT2D eigenvalue weighted by atomic mass is 16.3. The third kappa shape index (κ3) is 2.81. The highest BCUT2D eigenvalue weighted by Gasteiger charge is 2.22. The van der Waals surface area contributed by atoms with Gasteiger partial charge in [0, 0.05) is 18.3 Å². The summed E-state index contributed by atoms with van der Waals surface area (Å²) in [4.78, 5) is 4.20. The summed E-state index contributed by atoms with van der Waals surface area (Å²) in [6.07, 6.45) is 3.97. The van der Waals surface area contributed by atoms with E-state index in [1.54, 1.807) is 6.20 Å². The van der Waals surface area contributed by atoms with Crippen molar-refractivity contribution in [1.82, 2.24) is 4.98 Å². The molecule has 1 rings (SSSR count). The van der Waals surface area contributed by atoms with Crippen LogP contribution in [0.1, 0.15) is 32.4 Å². The maximum absolute atomic E-state index is 10.0. The zero-order valence-corrected chi connectivity index (χ0v) is 8.33. The molecule has 1 heterocycles. The van der Waals surface area contributed by atoms with E-state index in [2.05, 4.69) is 4.98 Å². The van der Waals surface area contributed by atoms with Crippen molar-refractivity contribution in [1.29, 1.82) is 0 Å².